The van der Waals surface area contributed by atoms with E-state index in [1.165, 1.54) is 24.0 Å². The second-order valence-corrected chi connectivity index (χ2v) is 12.1. The van der Waals surface area contributed by atoms with Crippen LogP contribution in [-0.2, 0) is 0 Å². The molecule has 0 radical (unpaired) electrons. The highest BCUT2D eigenvalue weighted by Gasteiger charge is 2.29. The first kappa shape index (κ1) is 29.5. The molecule has 6 rings (SSSR count). The number of piperazine rings is 1. The maximum absolute atomic E-state index is 11.8. The number of hydrogen-bond acceptors (Lipinski definition) is 6. The zero-order valence-electron chi connectivity index (χ0n) is 25.2. The minimum atomic E-state index is 0.347. The van der Waals surface area contributed by atoms with Gasteiger partial charge >= 0.3 is 0 Å². The number of anilines is 1. The molecule has 2 aromatic heterocycles. The Hall–Kier alpha value is -3.94. The summed E-state index contributed by atoms with van der Waals surface area (Å²) in [5.41, 5.74) is 8.63. The first-order chi connectivity index (χ1) is 20.4. The summed E-state index contributed by atoms with van der Waals surface area (Å²) in [6.07, 6.45) is 7.95. The molecule has 2 aromatic carbocycles. The van der Waals surface area contributed by atoms with Gasteiger partial charge in [0, 0.05) is 63.2 Å². The fraction of sp³-hybridized carbons (Fsp3) is 0.371. The molecule has 1 aliphatic carbocycles. The van der Waals surface area contributed by atoms with Gasteiger partial charge in [0.25, 0.3) is 0 Å². The number of carbonyl (C=O) groups is 1. The summed E-state index contributed by atoms with van der Waals surface area (Å²) in [5.74, 6) is 1.18. The van der Waals surface area contributed by atoms with Crippen LogP contribution in [0.1, 0.15) is 54.6 Å². The third kappa shape index (κ3) is 6.75. The highest BCUT2D eigenvalue weighted by atomic mass is 16.5. The third-order valence-electron chi connectivity index (χ3n) is 8.46. The lowest BCUT2D eigenvalue weighted by molar-refractivity contribution is 0.112. The minimum absolute atomic E-state index is 0.347. The van der Waals surface area contributed by atoms with Gasteiger partial charge in [-0.2, -0.15) is 0 Å². The normalized spacial score (nSPS) is 17.1. The van der Waals surface area contributed by atoms with Crippen molar-refractivity contribution >= 4 is 28.6 Å². The fourth-order valence-corrected chi connectivity index (χ4v) is 6.01. The Kier molecular flexibility index (Phi) is 9.09. The Balaban J connectivity index is 0.00000173. The van der Waals surface area contributed by atoms with Crippen LogP contribution in [0.2, 0.25) is 0 Å². The van der Waals surface area contributed by atoms with Gasteiger partial charge in [-0.05, 0) is 67.0 Å². The van der Waals surface area contributed by atoms with Crippen molar-refractivity contribution in [2.24, 2.45) is 5.41 Å². The van der Waals surface area contributed by atoms with Crippen LogP contribution in [0, 0.1) is 12.3 Å². The van der Waals surface area contributed by atoms with Gasteiger partial charge in [0.1, 0.15) is 17.1 Å². The number of benzene rings is 2. The molecule has 0 spiro atoms. The van der Waals surface area contributed by atoms with Crippen LogP contribution in [-0.4, -0.2) is 66.1 Å². The number of fused-ring (bicyclic) bond motifs is 1. The molecule has 1 aliphatic heterocycles. The standard InChI is InChI=1S/C34H38N4O2.CH4O/c1-24-4-6-25(7-5-24)31-20-34(2,3)12-10-27(31)22-37-14-16-38(17-15-37)29-9-8-28(23-39)32(19-29)40-30-18-26-11-13-35-33(26)36-21-30;1-2/h4-9,11,13,18-19,21,23H,10,12,14-17,20,22H2,1-3H3,(H,35,36);2H,1H3. The van der Waals surface area contributed by atoms with Crippen molar-refractivity contribution in [3.63, 3.8) is 0 Å². The monoisotopic (exact) mass is 566 g/mol. The predicted molar refractivity (Wildman–Crippen MR) is 171 cm³/mol. The van der Waals surface area contributed by atoms with E-state index >= 15 is 0 Å². The molecule has 0 saturated carbocycles. The lowest BCUT2D eigenvalue weighted by atomic mass is 9.72. The van der Waals surface area contributed by atoms with Crippen molar-refractivity contribution in [1.82, 2.24) is 14.9 Å². The first-order valence-electron chi connectivity index (χ1n) is 14.8. The number of nitrogens with zero attached hydrogens (tertiary/aromatic N) is 3. The molecular formula is C35H42N4O3. The number of aldehydes is 1. The average molecular weight is 567 g/mol. The van der Waals surface area contributed by atoms with Crippen LogP contribution in [0.15, 0.2) is 72.6 Å². The lowest BCUT2D eigenvalue weighted by Gasteiger charge is -2.39. The van der Waals surface area contributed by atoms with Crippen molar-refractivity contribution in [2.75, 3.05) is 44.7 Å². The lowest BCUT2D eigenvalue weighted by Crippen LogP contribution is -2.47. The average Bonchev–Trinajstić information content (AvgIpc) is 3.48. The Labute approximate surface area is 248 Å². The molecule has 0 bridgehead atoms. The Morgan fingerprint density at radius 2 is 1.79 bits per heavy atom. The van der Waals surface area contributed by atoms with E-state index in [4.69, 9.17) is 9.84 Å². The van der Waals surface area contributed by atoms with Crippen LogP contribution < -0.4 is 9.64 Å². The highest BCUT2D eigenvalue weighted by molar-refractivity contribution is 5.81. The van der Waals surface area contributed by atoms with Gasteiger partial charge in [0.15, 0.2) is 6.29 Å². The number of aryl methyl sites for hydroxylation is 1. The summed E-state index contributed by atoms with van der Waals surface area (Å²) in [6.45, 7) is 11.9. The minimum Gasteiger partial charge on any atom is -0.455 e. The molecule has 2 aliphatic rings. The van der Waals surface area contributed by atoms with Crippen molar-refractivity contribution in [3.8, 4) is 11.5 Å². The molecule has 0 atom stereocenters. The molecule has 3 heterocycles. The Bertz CT molecular complexity index is 1550. The number of hydrogen-bond donors (Lipinski definition) is 2. The number of aromatic amines is 1. The van der Waals surface area contributed by atoms with Gasteiger partial charge < -0.3 is 19.7 Å². The smallest absolute Gasteiger partial charge is 0.153 e. The molecule has 2 N–H and O–H groups in total. The fourth-order valence-electron chi connectivity index (χ4n) is 6.01. The number of carbonyl (C=O) groups excluding carboxylic acids is 1. The number of H-pyrrole nitrogens is 1. The van der Waals surface area contributed by atoms with Gasteiger partial charge in [-0.15, -0.1) is 0 Å². The van der Waals surface area contributed by atoms with Crippen LogP contribution in [0.3, 0.4) is 0 Å². The predicted octanol–water partition coefficient (Wildman–Crippen LogP) is 6.87. The SMILES string of the molecule is CO.Cc1ccc(C2=C(CN3CCN(c4ccc(C=O)c(Oc5cnc6[nH]ccc6c5)c4)CC3)CCC(C)(C)C2)cc1. The quantitative estimate of drug-likeness (QED) is 0.238. The summed E-state index contributed by atoms with van der Waals surface area (Å²) >= 11 is 0. The Morgan fingerprint density at radius 1 is 1.02 bits per heavy atom. The summed E-state index contributed by atoms with van der Waals surface area (Å²) in [5, 5.41) is 7.97. The molecular weight excluding hydrogens is 524 g/mol. The summed E-state index contributed by atoms with van der Waals surface area (Å²) < 4.78 is 6.16. The van der Waals surface area contributed by atoms with E-state index in [1.54, 1.807) is 17.3 Å². The summed E-state index contributed by atoms with van der Waals surface area (Å²) in [6, 6.07) is 18.9. The number of aliphatic hydroxyl groups is 1. The van der Waals surface area contributed by atoms with E-state index in [0.29, 0.717) is 22.5 Å². The number of ether oxygens (including phenoxy) is 1. The van der Waals surface area contributed by atoms with Gasteiger partial charge in [-0.1, -0.05) is 49.2 Å². The molecule has 220 valence electrons. The molecule has 1 saturated heterocycles. The van der Waals surface area contributed by atoms with Crippen molar-refractivity contribution in [3.05, 3.63) is 89.3 Å². The molecule has 7 nitrogen and oxygen atoms in total. The molecule has 0 unspecified atom stereocenters. The molecule has 1 fully saturated rings. The molecule has 0 amide bonds. The molecule has 7 heteroatoms. The zero-order chi connectivity index (χ0) is 29.7. The van der Waals surface area contributed by atoms with E-state index in [1.807, 2.05) is 36.5 Å². The number of nitrogens with one attached hydrogen (secondary N) is 1. The Morgan fingerprint density at radius 3 is 2.52 bits per heavy atom. The van der Waals surface area contributed by atoms with Crippen LogP contribution in [0.25, 0.3) is 16.6 Å². The number of aliphatic hydroxyl groups excluding tert-OH is 1. The third-order valence-corrected chi connectivity index (χ3v) is 8.46. The second kappa shape index (κ2) is 12.9. The van der Waals surface area contributed by atoms with Gasteiger partial charge in [0.2, 0.25) is 0 Å². The van der Waals surface area contributed by atoms with Crippen molar-refractivity contribution < 1.29 is 14.6 Å². The van der Waals surface area contributed by atoms with E-state index in [2.05, 4.69) is 64.8 Å². The zero-order valence-corrected chi connectivity index (χ0v) is 25.2. The summed E-state index contributed by atoms with van der Waals surface area (Å²) in [4.78, 5) is 24.3. The highest BCUT2D eigenvalue weighted by Crippen LogP contribution is 2.43. The van der Waals surface area contributed by atoms with Crippen LogP contribution in [0.5, 0.6) is 11.5 Å². The van der Waals surface area contributed by atoms with Gasteiger partial charge in [-0.3, -0.25) is 9.69 Å². The maximum atomic E-state index is 11.8. The van der Waals surface area contributed by atoms with E-state index in [0.717, 1.165) is 69.3 Å². The van der Waals surface area contributed by atoms with Crippen LogP contribution in [0.4, 0.5) is 5.69 Å². The maximum Gasteiger partial charge on any atom is 0.153 e. The van der Waals surface area contributed by atoms with Gasteiger partial charge in [-0.25, -0.2) is 4.98 Å². The van der Waals surface area contributed by atoms with Crippen molar-refractivity contribution in [2.45, 2.75) is 40.0 Å². The first-order valence-corrected chi connectivity index (χ1v) is 14.8. The van der Waals surface area contributed by atoms with E-state index < -0.39 is 0 Å². The topological polar surface area (TPSA) is 81.7 Å². The number of aromatic nitrogens is 2. The number of rotatable bonds is 7. The van der Waals surface area contributed by atoms with E-state index in [-0.39, 0.29) is 0 Å². The largest absolute Gasteiger partial charge is 0.455 e. The summed E-state index contributed by atoms with van der Waals surface area (Å²) in [7, 11) is 1.00. The molecule has 42 heavy (non-hydrogen) atoms. The van der Waals surface area contributed by atoms with Crippen molar-refractivity contribution in [1.29, 1.82) is 0 Å². The van der Waals surface area contributed by atoms with Gasteiger partial charge in [0.05, 0.1) is 11.8 Å². The number of allylic oxidation sites excluding steroid dienone is 1. The van der Waals surface area contributed by atoms with E-state index in [9.17, 15) is 4.79 Å². The van der Waals surface area contributed by atoms with Crippen LogP contribution >= 0.6 is 0 Å². The molecule has 4 aromatic rings. The number of pyridine rings is 1. The second-order valence-electron chi connectivity index (χ2n) is 12.1.